The number of rotatable bonds is 6. The molecule has 20 heavy (non-hydrogen) atoms. The predicted molar refractivity (Wildman–Crippen MR) is 79.4 cm³/mol. The molecule has 1 aromatic heterocycles. The zero-order valence-corrected chi connectivity index (χ0v) is 12.9. The van der Waals surface area contributed by atoms with E-state index in [4.69, 9.17) is 0 Å². The van der Waals surface area contributed by atoms with Crippen LogP contribution < -0.4 is 0 Å². The fourth-order valence-corrected chi connectivity index (χ4v) is 2.86. The van der Waals surface area contributed by atoms with E-state index in [9.17, 15) is 4.79 Å². The highest BCUT2D eigenvalue weighted by atomic mass is 16.2. The van der Waals surface area contributed by atoms with Gasteiger partial charge in [-0.1, -0.05) is 20.8 Å². The van der Waals surface area contributed by atoms with Crippen LogP contribution in [-0.2, 0) is 11.3 Å². The van der Waals surface area contributed by atoms with Gasteiger partial charge in [0.2, 0.25) is 5.91 Å². The molecule has 0 aromatic carbocycles. The second-order valence-electron chi connectivity index (χ2n) is 5.43. The van der Waals surface area contributed by atoms with Crippen LogP contribution in [-0.4, -0.2) is 51.7 Å². The van der Waals surface area contributed by atoms with Crippen LogP contribution in [0.3, 0.4) is 0 Å². The second-order valence-corrected chi connectivity index (χ2v) is 5.43. The molecule has 0 saturated carbocycles. The lowest BCUT2D eigenvalue weighted by Gasteiger charge is -2.36. The van der Waals surface area contributed by atoms with Crippen molar-refractivity contribution in [1.29, 1.82) is 0 Å². The molecule has 0 spiro atoms. The molecule has 2 rings (SSSR count). The summed E-state index contributed by atoms with van der Waals surface area (Å²) < 4.78 is 2.11. The van der Waals surface area contributed by atoms with Gasteiger partial charge in [0.15, 0.2) is 0 Å². The van der Waals surface area contributed by atoms with Crippen molar-refractivity contribution < 1.29 is 4.79 Å². The van der Waals surface area contributed by atoms with Gasteiger partial charge in [0, 0.05) is 25.7 Å². The van der Waals surface area contributed by atoms with Crippen LogP contribution in [0.5, 0.6) is 0 Å². The van der Waals surface area contributed by atoms with Crippen LogP contribution in [0.2, 0.25) is 0 Å². The second kappa shape index (κ2) is 6.88. The molecular weight excluding hydrogens is 252 g/mol. The summed E-state index contributed by atoms with van der Waals surface area (Å²) >= 11 is 0. The Morgan fingerprint density at radius 3 is 2.80 bits per heavy atom. The van der Waals surface area contributed by atoms with E-state index in [0.29, 0.717) is 13.0 Å². The highest BCUT2D eigenvalue weighted by Gasteiger charge is 2.28. The Hall–Kier alpha value is -1.36. The van der Waals surface area contributed by atoms with Crippen LogP contribution in [0.15, 0.2) is 12.3 Å². The molecule has 0 bridgehead atoms. The zero-order chi connectivity index (χ0) is 14.5. The normalized spacial score (nSPS) is 18.4. The molecule has 0 fully saturated rings. The van der Waals surface area contributed by atoms with Gasteiger partial charge in [-0.15, -0.1) is 0 Å². The number of nitrogens with zero attached hydrogens (tertiary/aromatic N) is 4. The maximum atomic E-state index is 12.2. The number of carbonyl (C=O) groups is 1. The SMILES string of the molecule is CCCC(=O)N1Cc2ccnn2[C@H](CN(CC)CC)C1. The molecule has 0 saturated heterocycles. The number of hydrogen-bond donors (Lipinski definition) is 0. The summed E-state index contributed by atoms with van der Waals surface area (Å²) in [6.45, 7) is 10.9. The van der Waals surface area contributed by atoms with Gasteiger partial charge in [0.1, 0.15) is 0 Å². The Morgan fingerprint density at radius 1 is 1.40 bits per heavy atom. The van der Waals surface area contributed by atoms with E-state index in [1.165, 1.54) is 0 Å². The van der Waals surface area contributed by atoms with Crippen molar-refractivity contribution in [2.24, 2.45) is 0 Å². The molecular formula is C15H26N4O. The summed E-state index contributed by atoms with van der Waals surface area (Å²) in [6, 6.07) is 2.30. The van der Waals surface area contributed by atoms with Gasteiger partial charge in [0.05, 0.1) is 18.3 Å². The summed E-state index contributed by atoms with van der Waals surface area (Å²) in [5.74, 6) is 0.268. The predicted octanol–water partition coefficient (Wildman–Crippen LogP) is 1.91. The van der Waals surface area contributed by atoms with Crippen molar-refractivity contribution in [2.45, 2.75) is 46.2 Å². The minimum Gasteiger partial charge on any atom is -0.335 e. The first-order valence-corrected chi connectivity index (χ1v) is 7.72. The lowest BCUT2D eigenvalue weighted by molar-refractivity contribution is -0.133. The maximum Gasteiger partial charge on any atom is 0.222 e. The van der Waals surface area contributed by atoms with Crippen molar-refractivity contribution in [3.8, 4) is 0 Å². The van der Waals surface area contributed by atoms with E-state index in [1.807, 2.05) is 17.2 Å². The molecule has 1 aliphatic rings. The molecule has 1 aliphatic heterocycles. The lowest BCUT2D eigenvalue weighted by Crippen LogP contribution is -2.45. The third-order valence-electron chi connectivity index (χ3n) is 4.06. The van der Waals surface area contributed by atoms with Crippen LogP contribution in [0.1, 0.15) is 45.3 Å². The lowest BCUT2D eigenvalue weighted by atomic mass is 10.1. The van der Waals surface area contributed by atoms with Gasteiger partial charge in [0.25, 0.3) is 0 Å². The number of hydrogen-bond acceptors (Lipinski definition) is 3. The molecule has 1 amide bonds. The Labute approximate surface area is 121 Å². The molecule has 1 aromatic rings. The van der Waals surface area contributed by atoms with Crippen LogP contribution >= 0.6 is 0 Å². The third-order valence-corrected chi connectivity index (χ3v) is 4.06. The Bertz CT molecular complexity index is 439. The summed E-state index contributed by atoms with van der Waals surface area (Å²) in [6.07, 6.45) is 3.40. The minimum atomic E-state index is 0.268. The highest BCUT2D eigenvalue weighted by molar-refractivity contribution is 5.76. The molecule has 0 radical (unpaired) electrons. The first kappa shape index (κ1) is 15.0. The van der Waals surface area contributed by atoms with E-state index in [-0.39, 0.29) is 11.9 Å². The minimum absolute atomic E-state index is 0.268. The average Bonchev–Trinajstić information content (AvgIpc) is 2.93. The van der Waals surface area contributed by atoms with Gasteiger partial charge in [-0.25, -0.2) is 0 Å². The average molecular weight is 278 g/mol. The number of fused-ring (bicyclic) bond motifs is 1. The molecule has 5 nitrogen and oxygen atoms in total. The van der Waals surface area contributed by atoms with E-state index in [2.05, 4.69) is 35.5 Å². The summed E-state index contributed by atoms with van der Waals surface area (Å²) in [7, 11) is 0. The largest absolute Gasteiger partial charge is 0.335 e. The summed E-state index contributed by atoms with van der Waals surface area (Å²) in [5, 5.41) is 4.45. The van der Waals surface area contributed by atoms with Gasteiger partial charge in [-0.2, -0.15) is 5.10 Å². The van der Waals surface area contributed by atoms with E-state index < -0.39 is 0 Å². The van der Waals surface area contributed by atoms with Crippen molar-refractivity contribution in [2.75, 3.05) is 26.2 Å². The van der Waals surface area contributed by atoms with E-state index >= 15 is 0 Å². The molecule has 2 heterocycles. The molecule has 0 aliphatic carbocycles. The van der Waals surface area contributed by atoms with Crippen molar-refractivity contribution in [3.05, 3.63) is 18.0 Å². The standard InChI is InChI=1S/C15H26N4O/c1-4-7-15(20)18-11-13-8-9-16-19(13)14(12-18)10-17(5-2)6-3/h8-9,14H,4-7,10-12H2,1-3H3/t14-/m1/s1. The van der Waals surface area contributed by atoms with Crippen LogP contribution in [0.25, 0.3) is 0 Å². The monoisotopic (exact) mass is 278 g/mol. The smallest absolute Gasteiger partial charge is 0.222 e. The fraction of sp³-hybridized carbons (Fsp3) is 0.733. The number of carbonyl (C=O) groups excluding carboxylic acids is 1. The highest BCUT2D eigenvalue weighted by Crippen LogP contribution is 2.22. The third kappa shape index (κ3) is 3.20. The Kier molecular flexibility index (Phi) is 5.17. The quantitative estimate of drug-likeness (QED) is 0.798. The number of likely N-dealkylation sites (N-methyl/N-ethyl adjacent to an activating group) is 1. The molecule has 112 valence electrons. The van der Waals surface area contributed by atoms with Gasteiger partial charge >= 0.3 is 0 Å². The van der Waals surface area contributed by atoms with Crippen LogP contribution in [0.4, 0.5) is 0 Å². The molecule has 5 heteroatoms. The van der Waals surface area contributed by atoms with E-state index in [0.717, 1.165) is 38.3 Å². The van der Waals surface area contributed by atoms with Gasteiger partial charge in [-0.3, -0.25) is 9.48 Å². The van der Waals surface area contributed by atoms with Gasteiger partial charge < -0.3 is 9.80 Å². The van der Waals surface area contributed by atoms with Crippen molar-refractivity contribution in [1.82, 2.24) is 19.6 Å². The zero-order valence-electron chi connectivity index (χ0n) is 12.9. The summed E-state index contributed by atoms with van der Waals surface area (Å²) in [5.41, 5.74) is 1.15. The molecule has 0 unspecified atom stereocenters. The van der Waals surface area contributed by atoms with Crippen molar-refractivity contribution in [3.63, 3.8) is 0 Å². The first-order chi connectivity index (χ1) is 9.69. The van der Waals surface area contributed by atoms with Gasteiger partial charge in [-0.05, 0) is 25.6 Å². The summed E-state index contributed by atoms with van der Waals surface area (Å²) in [4.78, 5) is 16.6. The fourth-order valence-electron chi connectivity index (χ4n) is 2.86. The van der Waals surface area contributed by atoms with Crippen molar-refractivity contribution >= 4 is 5.91 Å². The molecule has 0 N–H and O–H groups in total. The number of amides is 1. The number of aromatic nitrogens is 2. The maximum absolute atomic E-state index is 12.2. The Balaban J connectivity index is 2.12. The Morgan fingerprint density at radius 2 is 2.15 bits per heavy atom. The van der Waals surface area contributed by atoms with Crippen LogP contribution in [0, 0.1) is 0 Å². The first-order valence-electron chi connectivity index (χ1n) is 7.72. The topological polar surface area (TPSA) is 41.4 Å². The van der Waals surface area contributed by atoms with E-state index in [1.54, 1.807) is 0 Å². The molecule has 1 atom stereocenters.